The van der Waals surface area contributed by atoms with Crippen LogP contribution in [-0.2, 0) is 4.79 Å². The molecule has 1 heterocycles. The number of carbonyl (C=O) groups is 1. The first-order valence-corrected chi connectivity index (χ1v) is 6.05. The number of halogens is 2. The van der Waals surface area contributed by atoms with E-state index in [1.54, 1.807) is 24.3 Å². The lowest BCUT2D eigenvalue weighted by Gasteiger charge is -2.07. The van der Waals surface area contributed by atoms with Crippen molar-refractivity contribution in [3.05, 3.63) is 46.8 Å². The number of anilines is 1. The minimum Gasteiger partial charge on any atom is -0.484 e. The quantitative estimate of drug-likeness (QED) is 0.942. The number of carbonyl (C=O) groups excluding carboxylic acids is 1. The van der Waals surface area contributed by atoms with E-state index < -0.39 is 0 Å². The molecule has 7 heteroatoms. The number of nitrogens with one attached hydrogen (secondary N) is 1. The fourth-order valence-corrected chi connectivity index (χ4v) is 1.61. The SMILES string of the molecule is O=C(COc1cccc(Cl)c1)Nc1cncc(Cl)n1. The smallest absolute Gasteiger partial charge is 0.263 e. The summed E-state index contributed by atoms with van der Waals surface area (Å²) in [5.41, 5.74) is 0. The van der Waals surface area contributed by atoms with Gasteiger partial charge in [0.15, 0.2) is 12.4 Å². The fraction of sp³-hybridized carbons (Fsp3) is 0.0833. The molecule has 0 aliphatic heterocycles. The Morgan fingerprint density at radius 1 is 1.32 bits per heavy atom. The normalized spacial score (nSPS) is 10.0. The maximum Gasteiger partial charge on any atom is 0.263 e. The van der Waals surface area contributed by atoms with Crippen molar-refractivity contribution in [2.24, 2.45) is 0 Å². The number of hydrogen-bond acceptors (Lipinski definition) is 4. The lowest BCUT2D eigenvalue weighted by molar-refractivity contribution is -0.118. The molecule has 98 valence electrons. The van der Waals surface area contributed by atoms with Crippen LogP contribution in [0.5, 0.6) is 5.75 Å². The first kappa shape index (κ1) is 13.6. The van der Waals surface area contributed by atoms with Gasteiger partial charge in [-0.25, -0.2) is 4.98 Å². The van der Waals surface area contributed by atoms with E-state index in [2.05, 4.69) is 15.3 Å². The van der Waals surface area contributed by atoms with Gasteiger partial charge in [0.25, 0.3) is 5.91 Å². The third-order valence-corrected chi connectivity index (χ3v) is 2.46. The van der Waals surface area contributed by atoms with Crippen molar-refractivity contribution in [3.8, 4) is 5.75 Å². The van der Waals surface area contributed by atoms with Crippen molar-refractivity contribution in [2.75, 3.05) is 11.9 Å². The zero-order chi connectivity index (χ0) is 13.7. The van der Waals surface area contributed by atoms with Crippen molar-refractivity contribution in [2.45, 2.75) is 0 Å². The second kappa shape index (κ2) is 6.36. The molecule has 0 saturated carbocycles. The summed E-state index contributed by atoms with van der Waals surface area (Å²) in [4.78, 5) is 19.3. The number of hydrogen-bond donors (Lipinski definition) is 1. The van der Waals surface area contributed by atoms with Gasteiger partial charge in [0.05, 0.1) is 12.4 Å². The van der Waals surface area contributed by atoms with Gasteiger partial charge in [-0.3, -0.25) is 9.78 Å². The van der Waals surface area contributed by atoms with Crippen LogP contribution in [0.25, 0.3) is 0 Å². The highest BCUT2D eigenvalue weighted by molar-refractivity contribution is 6.30. The Morgan fingerprint density at radius 2 is 2.16 bits per heavy atom. The number of benzene rings is 1. The molecule has 0 fully saturated rings. The Balaban J connectivity index is 1.88. The highest BCUT2D eigenvalue weighted by Gasteiger charge is 2.05. The summed E-state index contributed by atoms with van der Waals surface area (Å²) in [6.45, 7) is -0.158. The molecule has 19 heavy (non-hydrogen) atoms. The molecule has 1 aromatic carbocycles. The van der Waals surface area contributed by atoms with Crippen LogP contribution in [0.2, 0.25) is 10.2 Å². The Morgan fingerprint density at radius 3 is 2.89 bits per heavy atom. The zero-order valence-corrected chi connectivity index (χ0v) is 11.1. The molecule has 0 bridgehead atoms. The molecule has 0 aliphatic rings. The van der Waals surface area contributed by atoms with Gasteiger partial charge in [-0.05, 0) is 18.2 Å². The number of nitrogens with zero attached hydrogens (tertiary/aromatic N) is 2. The van der Waals surface area contributed by atoms with E-state index in [4.69, 9.17) is 27.9 Å². The number of aromatic nitrogens is 2. The van der Waals surface area contributed by atoms with Gasteiger partial charge < -0.3 is 10.1 Å². The van der Waals surface area contributed by atoms with Crippen molar-refractivity contribution >= 4 is 34.9 Å². The maximum absolute atomic E-state index is 11.6. The van der Waals surface area contributed by atoms with Crippen molar-refractivity contribution in [1.29, 1.82) is 0 Å². The molecule has 0 spiro atoms. The molecular formula is C12H9Cl2N3O2. The fourth-order valence-electron chi connectivity index (χ4n) is 1.29. The predicted octanol–water partition coefficient (Wildman–Crippen LogP) is 2.80. The van der Waals surface area contributed by atoms with Crippen LogP contribution < -0.4 is 10.1 Å². The Kier molecular flexibility index (Phi) is 4.54. The molecular weight excluding hydrogens is 289 g/mol. The van der Waals surface area contributed by atoms with Crippen LogP contribution in [-0.4, -0.2) is 22.5 Å². The molecule has 2 aromatic rings. The Bertz CT molecular complexity index is 593. The van der Waals surface area contributed by atoms with E-state index in [-0.39, 0.29) is 23.5 Å². The molecule has 1 aromatic heterocycles. The molecule has 1 N–H and O–H groups in total. The van der Waals surface area contributed by atoms with Crippen LogP contribution >= 0.6 is 23.2 Å². The molecule has 5 nitrogen and oxygen atoms in total. The summed E-state index contributed by atoms with van der Waals surface area (Å²) in [6, 6.07) is 6.78. The minimum atomic E-state index is -0.364. The lowest BCUT2D eigenvalue weighted by Crippen LogP contribution is -2.20. The van der Waals surface area contributed by atoms with Crippen LogP contribution in [0.1, 0.15) is 0 Å². The maximum atomic E-state index is 11.6. The molecule has 0 aliphatic carbocycles. The van der Waals surface area contributed by atoms with Crippen LogP contribution in [0.15, 0.2) is 36.7 Å². The summed E-state index contributed by atoms with van der Waals surface area (Å²) >= 11 is 11.4. The second-order valence-electron chi connectivity index (χ2n) is 3.52. The molecule has 1 amide bonds. The summed E-state index contributed by atoms with van der Waals surface area (Å²) in [7, 11) is 0. The van der Waals surface area contributed by atoms with Gasteiger partial charge in [0, 0.05) is 5.02 Å². The highest BCUT2D eigenvalue weighted by Crippen LogP contribution is 2.17. The first-order valence-electron chi connectivity index (χ1n) is 5.29. The van der Waals surface area contributed by atoms with Gasteiger partial charge >= 0.3 is 0 Å². The minimum absolute atomic E-state index is 0.158. The first-order chi connectivity index (χ1) is 9.13. The van der Waals surface area contributed by atoms with E-state index in [9.17, 15) is 4.79 Å². The van der Waals surface area contributed by atoms with E-state index in [1.165, 1.54) is 12.4 Å². The van der Waals surface area contributed by atoms with E-state index in [0.29, 0.717) is 10.8 Å². The number of ether oxygens (including phenoxy) is 1. The van der Waals surface area contributed by atoms with Crippen molar-refractivity contribution in [1.82, 2.24) is 9.97 Å². The monoisotopic (exact) mass is 297 g/mol. The number of amides is 1. The second-order valence-corrected chi connectivity index (χ2v) is 4.34. The summed E-state index contributed by atoms with van der Waals surface area (Å²) in [5.74, 6) is 0.420. The molecule has 0 unspecified atom stereocenters. The lowest BCUT2D eigenvalue weighted by atomic mass is 10.3. The zero-order valence-electron chi connectivity index (χ0n) is 9.64. The van der Waals surface area contributed by atoms with Crippen molar-refractivity contribution < 1.29 is 9.53 Å². The van der Waals surface area contributed by atoms with Gasteiger partial charge in [0.1, 0.15) is 10.9 Å². The van der Waals surface area contributed by atoms with E-state index in [1.807, 2.05) is 0 Å². The third-order valence-electron chi connectivity index (χ3n) is 2.04. The standard InChI is InChI=1S/C12H9Cl2N3O2/c13-8-2-1-3-9(4-8)19-7-12(18)17-11-6-15-5-10(14)16-11/h1-6H,7H2,(H,16,17,18). The topological polar surface area (TPSA) is 64.1 Å². The van der Waals surface area contributed by atoms with Gasteiger partial charge in [-0.1, -0.05) is 29.3 Å². The molecule has 0 saturated heterocycles. The van der Waals surface area contributed by atoms with Gasteiger partial charge in [0.2, 0.25) is 0 Å². The summed E-state index contributed by atoms with van der Waals surface area (Å²) in [5, 5.41) is 3.26. The highest BCUT2D eigenvalue weighted by atomic mass is 35.5. The average molecular weight is 298 g/mol. The van der Waals surface area contributed by atoms with Gasteiger partial charge in [-0.2, -0.15) is 0 Å². The van der Waals surface area contributed by atoms with Crippen LogP contribution in [0.3, 0.4) is 0 Å². The molecule has 0 atom stereocenters. The van der Waals surface area contributed by atoms with Crippen LogP contribution in [0.4, 0.5) is 5.82 Å². The summed E-state index contributed by atoms with van der Waals surface area (Å²) < 4.78 is 5.27. The van der Waals surface area contributed by atoms with Crippen molar-refractivity contribution in [3.63, 3.8) is 0 Å². The average Bonchev–Trinajstić information content (AvgIpc) is 2.36. The molecule has 0 radical (unpaired) electrons. The van der Waals surface area contributed by atoms with E-state index in [0.717, 1.165) is 0 Å². The molecule has 2 rings (SSSR count). The van der Waals surface area contributed by atoms with Gasteiger partial charge in [-0.15, -0.1) is 0 Å². The Labute approximate surface area is 119 Å². The number of rotatable bonds is 4. The largest absolute Gasteiger partial charge is 0.484 e. The predicted molar refractivity (Wildman–Crippen MR) is 72.6 cm³/mol. The van der Waals surface area contributed by atoms with Crippen LogP contribution in [0, 0.1) is 0 Å². The summed E-state index contributed by atoms with van der Waals surface area (Å²) in [6.07, 6.45) is 2.77. The third kappa shape index (κ3) is 4.39. The Hall–Kier alpha value is -1.85. The van der Waals surface area contributed by atoms with E-state index >= 15 is 0 Å².